The lowest BCUT2D eigenvalue weighted by Crippen LogP contribution is -2.10. The summed E-state index contributed by atoms with van der Waals surface area (Å²) in [4.78, 5) is 22.2. The minimum absolute atomic E-state index is 0.0195. The average Bonchev–Trinajstić information content (AvgIpc) is 2.49. The summed E-state index contributed by atoms with van der Waals surface area (Å²) in [6, 6.07) is 1.14. The van der Waals surface area contributed by atoms with E-state index in [4.69, 9.17) is 18.9 Å². The number of carbonyl (C=O) groups is 1. The number of benzene rings is 1. The molecule has 1 rings (SSSR count). The summed E-state index contributed by atoms with van der Waals surface area (Å²) in [6.07, 6.45) is 0. The van der Waals surface area contributed by atoms with Crippen LogP contribution in [0.1, 0.15) is 10.4 Å². The van der Waals surface area contributed by atoms with Gasteiger partial charge in [0.05, 0.1) is 26.3 Å². The lowest BCUT2D eigenvalue weighted by molar-refractivity contribution is -0.386. The molecule has 21 heavy (non-hydrogen) atoms. The van der Waals surface area contributed by atoms with E-state index in [2.05, 4.69) is 4.74 Å². The van der Waals surface area contributed by atoms with Crippen LogP contribution in [0, 0.1) is 10.1 Å². The molecule has 1 aromatic rings. The lowest BCUT2D eigenvalue weighted by Gasteiger charge is -2.15. The quantitative estimate of drug-likeness (QED) is 0.322. The van der Waals surface area contributed by atoms with Crippen LogP contribution in [0.15, 0.2) is 6.07 Å². The molecule has 0 fully saturated rings. The highest BCUT2D eigenvalue weighted by atomic mass is 16.7. The van der Waals surface area contributed by atoms with Crippen LogP contribution < -0.4 is 14.2 Å². The van der Waals surface area contributed by atoms with Crippen LogP contribution in [0.3, 0.4) is 0 Å². The molecule has 0 spiro atoms. The molecule has 0 aliphatic rings. The Morgan fingerprint density at radius 1 is 1.19 bits per heavy atom. The molecule has 0 radical (unpaired) electrons. The Morgan fingerprint density at radius 3 is 2.24 bits per heavy atom. The Hall–Kier alpha value is -2.55. The van der Waals surface area contributed by atoms with Gasteiger partial charge in [-0.15, -0.1) is 0 Å². The maximum absolute atomic E-state index is 11.7. The molecule has 0 aliphatic heterocycles. The normalized spacial score (nSPS) is 9.90. The molecule has 0 saturated heterocycles. The van der Waals surface area contributed by atoms with Crippen molar-refractivity contribution in [1.29, 1.82) is 0 Å². The molecule has 0 aromatic heterocycles. The zero-order chi connectivity index (χ0) is 16.0. The molecule has 0 atom stereocenters. The Labute approximate surface area is 120 Å². The topological polar surface area (TPSA) is 106 Å². The van der Waals surface area contributed by atoms with Crippen molar-refractivity contribution < 1.29 is 33.4 Å². The van der Waals surface area contributed by atoms with Crippen molar-refractivity contribution in [3.05, 3.63) is 21.7 Å². The highest BCUT2D eigenvalue weighted by molar-refractivity contribution is 5.97. The van der Waals surface area contributed by atoms with E-state index < -0.39 is 16.6 Å². The van der Waals surface area contributed by atoms with Crippen LogP contribution in [0.5, 0.6) is 17.2 Å². The smallest absolute Gasteiger partial charge is 0.345 e. The predicted molar refractivity (Wildman–Crippen MR) is 70.0 cm³/mol. The van der Waals surface area contributed by atoms with Crippen LogP contribution in [0.25, 0.3) is 0 Å². The number of nitro groups is 1. The first-order chi connectivity index (χ1) is 10.0. The summed E-state index contributed by atoms with van der Waals surface area (Å²) in [5.74, 6) is -1.10. The number of carbonyl (C=O) groups excluding carboxylic acids is 1. The van der Waals surface area contributed by atoms with E-state index in [-0.39, 0.29) is 29.6 Å². The van der Waals surface area contributed by atoms with E-state index in [1.54, 1.807) is 0 Å². The Kier molecular flexibility index (Phi) is 5.73. The van der Waals surface area contributed by atoms with Gasteiger partial charge in [0.1, 0.15) is 5.56 Å². The van der Waals surface area contributed by atoms with E-state index in [0.717, 1.165) is 13.2 Å². The molecule has 0 bridgehead atoms. The number of methoxy groups -OCH3 is 4. The number of nitro benzene ring substituents is 1. The van der Waals surface area contributed by atoms with Crippen LogP contribution in [-0.2, 0) is 9.47 Å². The maximum atomic E-state index is 11.7. The van der Waals surface area contributed by atoms with Gasteiger partial charge in [-0.2, -0.15) is 0 Å². The summed E-state index contributed by atoms with van der Waals surface area (Å²) in [6.45, 7) is -0.141. The molecule has 0 unspecified atom stereocenters. The molecule has 0 N–H and O–H groups in total. The molecular weight excluding hydrogens is 286 g/mol. The van der Waals surface area contributed by atoms with Gasteiger partial charge in [0.2, 0.25) is 11.5 Å². The summed E-state index contributed by atoms with van der Waals surface area (Å²) < 4.78 is 24.6. The molecule has 9 heteroatoms. The molecule has 116 valence electrons. The highest BCUT2D eigenvalue weighted by Gasteiger charge is 2.33. The summed E-state index contributed by atoms with van der Waals surface area (Å²) in [5.41, 5.74) is -0.878. The maximum Gasteiger partial charge on any atom is 0.345 e. The zero-order valence-electron chi connectivity index (χ0n) is 12.0. The van der Waals surface area contributed by atoms with E-state index in [9.17, 15) is 14.9 Å². The number of hydrogen-bond acceptors (Lipinski definition) is 8. The fraction of sp³-hybridized carbons (Fsp3) is 0.417. The minimum atomic E-state index is -0.898. The number of rotatable bonds is 7. The monoisotopic (exact) mass is 301 g/mol. The number of nitrogens with zero attached hydrogens (tertiary/aromatic N) is 1. The fourth-order valence-corrected chi connectivity index (χ4v) is 1.67. The lowest BCUT2D eigenvalue weighted by atomic mass is 10.1. The van der Waals surface area contributed by atoms with Gasteiger partial charge in [0.25, 0.3) is 0 Å². The number of esters is 1. The molecule has 0 heterocycles. The third-order valence-corrected chi connectivity index (χ3v) is 2.50. The van der Waals surface area contributed by atoms with Crippen molar-refractivity contribution >= 4 is 11.7 Å². The van der Waals surface area contributed by atoms with Crippen molar-refractivity contribution in [1.82, 2.24) is 0 Å². The first-order valence-electron chi connectivity index (χ1n) is 5.65. The van der Waals surface area contributed by atoms with Gasteiger partial charge >= 0.3 is 11.7 Å². The van der Waals surface area contributed by atoms with E-state index >= 15 is 0 Å². The summed E-state index contributed by atoms with van der Waals surface area (Å²) in [5, 5.41) is 11.2. The van der Waals surface area contributed by atoms with Crippen LogP contribution in [0.4, 0.5) is 5.69 Å². The fourth-order valence-electron chi connectivity index (χ4n) is 1.67. The third kappa shape index (κ3) is 3.31. The van der Waals surface area contributed by atoms with Gasteiger partial charge in [-0.1, -0.05) is 0 Å². The summed E-state index contributed by atoms with van der Waals surface area (Å²) in [7, 11) is 5.01. The van der Waals surface area contributed by atoms with Gasteiger partial charge in [0, 0.05) is 13.2 Å². The second-order valence-corrected chi connectivity index (χ2v) is 3.64. The van der Waals surface area contributed by atoms with E-state index in [1.165, 1.54) is 21.3 Å². The third-order valence-electron chi connectivity index (χ3n) is 2.50. The van der Waals surface area contributed by atoms with Crippen LogP contribution in [0.2, 0.25) is 0 Å². The number of ether oxygens (including phenoxy) is 5. The molecule has 0 amide bonds. The van der Waals surface area contributed by atoms with Gasteiger partial charge in [-0.3, -0.25) is 10.1 Å². The molecule has 1 aromatic carbocycles. The molecule has 9 nitrogen and oxygen atoms in total. The summed E-state index contributed by atoms with van der Waals surface area (Å²) >= 11 is 0. The Morgan fingerprint density at radius 2 is 1.81 bits per heavy atom. The van der Waals surface area contributed by atoms with Crippen molar-refractivity contribution in [3.8, 4) is 17.2 Å². The van der Waals surface area contributed by atoms with Gasteiger partial charge in [-0.05, 0) is 0 Å². The Bertz CT molecular complexity index is 543. The van der Waals surface area contributed by atoms with Gasteiger partial charge < -0.3 is 23.7 Å². The van der Waals surface area contributed by atoms with Gasteiger partial charge in [-0.25, -0.2) is 4.79 Å². The second-order valence-electron chi connectivity index (χ2n) is 3.64. The first kappa shape index (κ1) is 16.5. The van der Waals surface area contributed by atoms with Gasteiger partial charge in [0.15, 0.2) is 12.5 Å². The SMILES string of the molecule is COCOc1cc(C(=O)OC)c([N+](=O)[O-])c(OC)c1OC. The van der Waals surface area contributed by atoms with Crippen molar-refractivity contribution in [3.63, 3.8) is 0 Å². The van der Waals surface area contributed by atoms with Crippen molar-refractivity contribution in [2.24, 2.45) is 0 Å². The van der Waals surface area contributed by atoms with E-state index in [0.29, 0.717) is 0 Å². The second kappa shape index (κ2) is 7.29. The van der Waals surface area contributed by atoms with Crippen LogP contribution in [-0.4, -0.2) is 46.1 Å². The molecule has 0 aliphatic carbocycles. The molecular formula is C12H15NO8. The van der Waals surface area contributed by atoms with Crippen molar-refractivity contribution in [2.45, 2.75) is 0 Å². The zero-order valence-corrected chi connectivity index (χ0v) is 12.0. The van der Waals surface area contributed by atoms with Crippen molar-refractivity contribution in [2.75, 3.05) is 35.2 Å². The molecule has 0 saturated carbocycles. The first-order valence-corrected chi connectivity index (χ1v) is 5.65. The van der Waals surface area contributed by atoms with Crippen LogP contribution >= 0.6 is 0 Å². The predicted octanol–water partition coefficient (Wildman–Crippen LogP) is 1.38. The number of hydrogen-bond donors (Lipinski definition) is 0. The standard InChI is InChI=1S/C12H15NO8/c1-17-6-21-8-5-7(12(14)20-4)9(13(15)16)11(19-3)10(8)18-2/h5H,6H2,1-4H3. The Balaban J connectivity index is 3.62. The largest absolute Gasteiger partial charge is 0.490 e. The average molecular weight is 301 g/mol. The van der Waals surface area contributed by atoms with E-state index in [1.807, 2.05) is 0 Å². The highest BCUT2D eigenvalue weighted by Crippen LogP contribution is 2.46. The minimum Gasteiger partial charge on any atom is -0.490 e.